The van der Waals surface area contributed by atoms with E-state index in [-0.39, 0.29) is 19.6 Å². The van der Waals surface area contributed by atoms with Crippen LogP contribution in [0, 0.1) is 0 Å². The number of benzene rings is 2. The van der Waals surface area contributed by atoms with Crippen molar-refractivity contribution in [1.82, 2.24) is 0 Å². The molecular weight excluding hydrogens is 360 g/mol. The minimum atomic E-state index is -1.34. The molecule has 8 heteroatoms. The molecule has 0 saturated carbocycles. The topological polar surface area (TPSA) is 134 Å². The van der Waals surface area contributed by atoms with Crippen molar-refractivity contribution in [3.05, 3.63) is 48.0 Å². The van der Waals surface area contributed by atoms with Crippen molar-refractivity contribution in [2.75, 3.05) is 54.1 Å². The van der Waals surface area contributed by atoms with Crippen LogP contribution in [0.1, 0.15) is 12.0 Å². The zero-order valence-electron chi connectivity index (χ0n) is 15.9. The molecule has 0 heterocycles. The number of aliphatic hydroxyl groups is 4. The smallest absolute Gasteiger partial charge is 0.153 e. The molecule has 0 amide bonds. The Balaban J connectivity index is 2.07. The molecule has 0 bridgehead atoms. The van der Waals surface area contributed by atoms with Crippen molar-refractivity contribution in [2.45, 2.75) is 19.3 Å². The van der Waals surface area contributed by atoms with Crippen LogP contribution in [0.4, 0.5) is 22.7 Å². The van der Waals surface area contributed by atoms with Crippen molar-refractivity contribution >= 4 is 22.7 Å². The summed E-state index contributed by atoms with van der Waals surface area (Å²) >= 11 is 0. The van der Waals surface area contributed by atoms with E-state index in [4.69, 9.17) is 15.9 Å². The lowest BCUT2D eigenvalue weighted by molar-refractivity contribution is -0.0423. The quantitative estimate of drug-likeness (QED) is 0.209. The van der Waals surface area contributed by atoms with Gasteiger partial charge in [0.15, 0.2) is 6.29 Å². The lowest BCUT2D eigenvalue weighted by atomic mass is 10.1. The third-order valence-electron chi connectivity index (χ3n) is 4.28. The van der Waals surface area contributed by atoms with Crippen LogP contribution >= 0.6 is 0 Å². The van der Waals surface area contributed by atoms with Gasteiger partial charge in [0.1, 0.15) is 0 Å². The molecule has 2 rings (SSSR count). The maximum atomic E-state index is 9.22. The molecule has 8 nitrogen and oxygen atoms in total. The van der Waals surface area contributed by atoms with E-state index < -0.39 is 6.29 Å². The molecule has 0 radical (unpaired) electrons. The van der Waals surface area contributed by atoms with Crippen LogP contribution < -0.4 is 21.3 Å². The second-order valence-corrected chi connectivity index (χ2v) is 6.45. The minimum absolute atomic E-state index is 0.0124. The van der Waals surface area contributed by atoms with Gasteiger partial charge in [0.05, 0.1) is 13.2 Å². The fourth-order valence-corrected chi connectivity index (χ4v) is 2.89. The molecule has 0 saturated heterocycles. The summed E-state index contributed by atoms with van der Waals surface area (Å²) in [7, 11) is 0. The van der Waals surface area contributed by atoms with Crippen molar-refractivity contribution in [1.29, 1.82) is 0 Å². The van der Waals surface area contributed by atoms with Crippen LogP contribution in [-0.4, -0.2) is 59.6 Å². The Morgan fingerprint density at radius 1 is 0.964 bits per heavy atom. The molecule has 0 unspecified atom stereocenters. The number of nitrogens with zero attached hydrogens (tertiary/aromatic N) is 1. The fourth-order valence-electron chi connectivity index (χ4n) is 2.89. The summed E-state index contributed by atoms with van der Waals surface area (Å²) < 4.78 is 0. The Morgan fingerprint density at radius 3 is 2.39 bits per heavy atom. The van der Waals surface area contributed by atoms with Crippen LogP contribution in [0.25, 0.3) is 0 Å². The SMILES string of the molecule is Nc1ccc(NCCC(O)O)c(CNc2cccc(N(CCO)CCO)c2)c1. The molecule has 0 aliphatic carbocycles. The second kappa shape index (κ2) is 11.4. The summed E-state index contributed by atoms with van der Waals surface area (Å²) in [6, 6.07) is 13.3. The largest absolute Gasteiger partial charge is 0.399 e. The van der Waals surface area contributed by atoms with E-state index in [1.165, 1.54) is 0 Å². The molecule has 0 aliphatic heterocycles. The Labute approximate surface area is 165 Å². The Kier molecular flexibility index (Phi) is 8.83. The Bertz CT molecular complexity index is 721. The predicted octanol–water partition coefficient (Wildman–Crippen LogP) is 0.785. The molecule has 0 aromatic heterocycles. The molecule has 2 aromatic rings. The van der Waals surface area contributed by atoms with Crippen LogP contribution in [0.3, 0.4) is 0 Å². The summed E-state index contributed by atoms with van der Waals surface area (Å²) in [6.07, 6.45) is -1.11. The first-order chi connectivity index (χ1) is 13.5. The van der Waals surface area contributed by atoms with Gasteiger partial charge in [0, 0.05) is 55.3 Å². The first-order valence-corrected chi connectivity index (χ1v) is 9.32. The molecule has 0 atom stereocenters. The summed E-state index contributed by atoms with van der Waals surface area (Å²) in [5, 5.41) is 43.0. The zero-order chi connectivity index (χ0) is 20.4. The van der Waals surface area contributed by atoms with Gasteiger partial charge in [-0.05, 0) is 42.0 Å². The van der Waals surface area contributed by atoms with Gasteiger partial charge in [-0.25, -0.2) is 0 Å². The Hall–Kier alpha value is -2.52. The highest BCUT2D eigenvalue weighted by Crippen LogP contribution is 2.23. The van der Waals surface area contributed by atoms with Gasteiger partial charge in [-0.15, -0.1) is 0 Å². The lowest BCUT2D eigenvalue weighted by Crippen LogP contribution is -2.29. The molecular formula is C20H30N4O4. The number of nitrogens with one attached hydrogen (secondary N) is 2. The maximum absolute atomic E-state index is 9.22. The number of hydrogen-bond acceptors (Lipinski definition) is 8. The molecule has 28 heavy (non-hydrogen) atoms. The number of nitrogen functional groups attached to an aromatic ring is 1. The molecule has 154 valence electrons. The van der Waals surface area contributed by atoms with E-state index in [0.717, 1.165) is 22.6 Å². The maximum Gasteiger partial charge on any atom is 0.153 e. The summed E-state index contributed by atoms with van der Waals surface area (Å²) in [4.78, 5) is 1.92. The van der Waals surface area contributed by atoms with E-state index in [0.29, 0.717) is 31.9 Å². The second-order valence-electron chi connectivity index (χ2n) is 6.45. The number of hydrogen-bond donors (Lipinski definition) is 7. The average molecular weight is 390 g/mol. The van der Waals surface area contributed by atoms with E-state index >= 15 is 0 Å². The monoisotopic (exact) mass is 390 g/mol. The lowest BCUT2D eigenvalue weighted by Gasteiger charge is -2.23. The van der Waals surface area contributed by atoms with E-state index in [9.17, 15) is 10.2 Å². The summed E-state index contributed by atoms with van der Waals surface area (Å²) in [5.41, 5.74) is 10.2. The average Bonchev–Trinajstić information content (AvgIpc) is 2.67. The van der Waals surface area contributed by atoms with Crippen LogP contribution in [-0.2, 0) is 6.54 Å². The van der Waals surface area contributed by atoms with Crippen LogP contribution in [0.5, 0.6) is 0 Å². The van der Waals surface area contributed by atoms with Gasteiger partial charge >= 0.3 is 0 Å². The standard InChI is InChI=1S/C20H30N4O4/c21-16-4-5-19(22-7-6-20(27)28)15(12-16)14-23-17-2-1-3-18(13-17)24(8-10-25)9-11-26/h1-5,12-13,20,22-23,25-28H,6-11,14,21H2. The predicted molar refractivity (Wildman–Crippen MR) is 112 cm³/mol. The molecule has 0 spiro atoms. The van der Waals surface area contributed by atoms with Gasteiger partial charge in [0.2, 0.25) is 0 Å². The van der Waals surface area contributed by atoms with E-state index in [1.54, 1.807) is 6.07 Å². The van der Waals surface area contributed by atoms with Gasteiger partial charge in [0.25, 0.3) is 0 Å². The normalized spacial score (nSPS) is 10.9. The number of anilines is 4. The van der Waals surface area contributed by atoms with Crippen LogP contribution in [0.15, 0.2) is 42.5 Å². The number of rotatable bonds is 12. The van der Waals surface area contributed by atoms with E-state index in [2.05, 4.69) is 10.6 Å². The number of aliphatic hydroxyl groups excluding tert-OH is 3. The minimum Gasteiger partial charge on any atom is -0.399 e. The third kappa shape index (κ3) is 6.90. The van der Waals surface area contributed by atoms with Crippen molar-refractivity contribution < 1.29 is 20.4 Å². The molecule has 0 fully saturated rings. The van der Waals surface area contributed by atoms with Gasteiger partial charge in [-0.2, -0.15) is 0 Å². The first-order valence-electron chi connectivity index (χ1n) is 9.32. The summed E-state index contributed by atoms with van der Waals surface area (Å²) in [5.74, 6) is 0. The van der Waals surface area contributed by atoms with Crippen molar-refractivity contribution in [2.24, 2.45) is 0 Å². The number of nitrogens with two attached hydrogens (primary N) is 1. The van der Waals surface area contributed by atoms with Gasteiger partial charge in [-0.3, -0.25) is 0 Å². The highest BCUT2D eigenvalue weighted by molar-refractivity contribution is 5.61. The van der Waals surface area contributed by atoms with Crippen LogP contribution in [0.2, 0.25) is 0 Å². The fraction of sp³-hybridized carbons (Fsp3) is 0.400. The molecule has 8 N–H and O–H groups in total. The van der Waals surface area contributed by atoms with Gasteiger partial charge in [-0.1, -0.05) is 6.07 Å². The molecule has 0 aliphatic rings. The Morgan fingerprint density at radius 2 is 1.71 bits per heavy atom. The summed E-state index contributed by atoms with van der Waals surface area (Å²) in [6.45, 7) is 1.88. The first kappa shape index (κ1) is 21.8. The van der Waals surface area contributed by atoms with Gasteiger partial charge < -0.3 is 41.7 Å². The highest BCUT2D eigenvalue weighted by atomic mass is 16.5. The van der Waals surface area contributed by atoms with Crippen molar-refractivity contribution in [3.8, 4) is 0 Å². The third-order valence-corrected chi connectivity index (χ3v) is 4.28. The highest BCUT2D eigenvalue weighted by Gasteiger charge is 2.08. The van der Waals surface area contributed by atoms with Crippen molar-refractivity contribution in [3.63, 3.8) is 0 Å². The zero-order valence-corrected chi connectivity index (χ0v) is 15.9. The molecule has 2 aromatic carbocycles. The van der Waals surface area contributed by atoms with E-state index in [1.807, 2.05) is 41.3 Å².